The van der Waals surface area contributed by atoms with Crippen LogP contribution in [0.5, 0.6) is 0 Å². The summed E-state index contributed by atoms with van der Waals surface area (Å²) in [6, 6.07) is 10.0. The van der Waals surface area contributed by atoms with Gasteiger partial charge in [0.1, 0.15) is 12.4 Å². The van der Waals surface area contributed by atoms with E-state index < -0.39 is 0 Å². The van der Waals surface area contributed by atoms with Gasteiger partial charge < -0.3 is 10.1 Å². The van der Waals surface area contributed by atoms with Crippen LogP contribution in [0.4, 0.5) is 0 Å². The second-order valence-corrected chi connectivity index (χ2v) is 7.26. The summed E-state index contributed by atoms with van der Waals surface area (Å²) in [7, 11) is 0. The normalized spacial score (nSPS) is 16.1. The predicted molar refractivity (Wildman–Crippen MR) is 102 cm³/mol. The lowest BCUT2D eigenvalue weighted by molar-refractivity contribution is 0.174. The average molecular weight is 366 g/mol. The van der Waals surface area contributed by atoms with Crippen LogP contribution in [0, 0.1) is 12.8 Å². The van der Waals surface area contributed by atoms with Crippen molar-refractivity contribution in [2.45, 2.75) is 39.3 Å². The van der Waals surface area contributed by atoms with Gasteiger partial charge in [-0.05, 0) is 50.9 Å². The Morgan fingerprint density at radius 3 is 2.52 bits per heavy atom. The quantitative estimate of drug-likeness (QED) is 0.699. The topological polar surface area (TPSA) is 82.9 Å². The molecule has 1 aromatic carbocycles. The van der Waals surface area contributed by atoms with Crippen LogP contribution in [0.3, 0.4) is 0 Å². The van der Waals surface area contributed by atoms with Crippen molar-refractivity contribution in [3.63, 3.8) is 0 Å². The van der Waals surface area contributed by atoms with Crippen LogP contribution >= 0.6 is 0 Å². The molecular weight excluding hydrogens is 340 g/mol. The number of aromatic amines is 1. The predicted octanol–water partition coefficient (Wildman–Crippen LogP) is 2.25. The van der Waals surface area contributed by atoms with E-state index in [9.17, 15) is 5.11 Å². The minimum absolute atomic E-state index is 0.108. The summed E-state index contributed by atoms with van der Waals surface area (Å²) in [5.41, 5.74) is 3.31. The first-order valence-corrected chi connectivity index (χ1v) is 9.55. The fraction of sp³-hybridized carbons (Fsp3) is 0.450. The molecule has 0 amide bonds. The van der Waals surface area contributed by atoms with Gasteiger partial charge in [-0.3, -0.25) is 9.47 Å². The van der Waals surface area contributed by atoms with Crippen molar-refractivity contribution >= 4 is 0 Å². The van der Waals surface area contributed by atoms with E-state index in [4.69, 9.17) is 0 Å². The van der Waals surface area contributed by atoms with E-state index in [1.54, 1.807) is 6.33 Å². The summed E-state index contributed by atoms with van der Waals surface area (Å²) >= 11 is 0. The van der Waals surface area contributed by atoms with Crippen LogP contribution in [0.15, 0.2) is 36.7 Å². The molecule has 2 aromatic heterocycles. The van der Waals surface area contributed by atoms with Crippen molar-refractivity contribution in [3.8, 4) is 5.69 Å². The van der Waals surface area contributed by atoms with Gasteiger partial charge in [-0.25, -0.2) is 4.98 Å². The molecule has 3 aromatic rings. The minimum Gasteiger partial charge on any atom is -0.388 e. The molecule has 3 heterocycles. The van der Waals surface area contributed by atoms with E-state index in [-0.39, 0.29) is 6.61 Å². The fourth-order valence-corrected chi connectivity index (χ4v) is 3.83. The summed E-state index contributed by atoms with van der Waals surface area (Å²) in [5, 5.41) is 18.2. The van der Waals surface area contributed by atoms with Crippen molar-refractivity contribution < 1.29 is 5.11 Å². The number of nitrogens with one attached hydrogen (secondary N) is 1. The molecule has 7 nitrogen and oxygen atoms in total. The minimum atomic E-state index is -0.108. The molecule has 7 heteroatoms. The van der Waals surface area contributed by atoms with E-state index in [0.717, 1.165) is 61.8 Å². The molecule has 27 heavy (non-hydrogen) atoms. The Morgan fingerprint density at radius 1 is 1.11 bits per heavy atom. The monoisotopic (exact) mass is 366 g/mol. The SMILES string of the molecule is Cc1[nH]cnc1CN1CCC(Cc2nnc(CO)n2-c2ccccc2)CC1. The molecule has 0 aliphatic carbocycles. The van der Waals surface area contributed by atoms with Gasteiger partial charge in [-0.15, -0.1) is 10.2 Å². The number of aliphatic hydroxyl groups excluding tert-OH is 1. The van der Waals surface area contributed by atoms with E-state index in [1.807, 2.05) is 34.9 Å². The molecular formula is C20H26N6O. The molecule has 1 aliphatic heterocycles. The second kappa shape index (κ2) is 8.02. The number of imidazole rings is 1. The summed E-state index contributed by atoms with van der Waals surface area (Å²) in [6.45, 7) is 5.02. The van der Waals surface area contributed by atoms with Crippen molar-refractivity contribution in [2.75, 3.05) is 13.1 Å². The number of hydrogen-bond donors (Lipinski definition) is 2. The first kappa shape index (κ1) is 17.9. The molecule has 0 spiro atoms. The van der Waals surface area contributed by atoms with Gasteiger partial charge in [-0.1, -0.05) is 18.2 Å². The molecule has 0 atom stereocenters. The molecule has 142 valence electrons. The van der Waals surface area contributed by atoms with Gasteiger partial charge in [-0.2, -0.15) is 0 Å². The van der Waals surface area contributed by atoms with E-state index in [0.29, 0.717) is 11.7 Å². The molecule has 0 bridgehead atoms. The smallest absolute Gasteiger partial charge is 0.163 e. The number of likely N-dealkylation sites (tertiary alicyclic amines) is 1. The zero-order valence-corrected chi connectivity index (χ0v) is 15.7. The highest BCUT2D eigenvalue weighted by Gasteiger charge is 2.23. The average Bonchev–Trinajstić information content (AvgIpc) is 3.30. The number of aryl methyl sites for hydroxylation is 1. The lowest BCUT2D eigenvalue weighted by Crippen LogP contribution is -2.34. The van der Waals surface area contributed by atoms with Crippen molar-refractivity contribution in [2.24, 2.45) is 5.92 Å². The maximum absolute atomic E-state index is 9.64. The van der Waals surface area contributed by atoms with Crippen LogP contribution in [0.1, 0.15) is 35.9 Å². The largest absolute Gasteiger partial charge is 0.388 e. The van der Waals surface area contributed by atoms with Crippen LogP contribution in [0.2, 0.25) is 0 Å². The summed E-state index contributed by atoms with van der Waals surface area (Å²) in [4.78, 5) is 10.0. The Bertz CT molecular complexity index is 864. The summed E-state index contributed by atoms with van der Waals surface area (Å²) in [5.74, 6) is 2.12. The Hall–Kier alpha value is -2.51. The molecule has 4 rings (SSSR count). The highest BCUT2D eigenvalue weighted by Crippen LogP contribution is 2.24. The van der Waals surface area contributed by atoms with Crippen molar-refractivity contribution in [1.82, 2.24) is 29.6 Å². The maximum Gasteiger partial charge on any atom is 0.163 e. The fourth-order valence-electron chi connectivity index (χ4n) is 3.83. The zero-order chi connectivity index (χ0) is 18.6. The number of para-hydroxylation sites is 1. The number of hydrogen-bond acceptors (Lipinski definition) is 5. The van der Waals surface area contributed by atoms with Crippen molar-refractivity contribution in [3.05, 3.63) is 59.7 Å². The van der Waals surface area contributed by atoms with Gasteiger partial charge in [0.25, 0.3) is 0 Å². The Balaban J connectivity index is 1.41. The number of H-pyrrole nitrogens is 1. The standard InChI is InChI=1S/C20H26N6O/c1-15-18(22-14-21-15)12-25-9-7-16(8-10-25)11-19-23-24-20(13-27)26(19)17-5-3-2-4-6-17/h2-6,14,16,27H,7-13H2,1H3,(H,21,22). The van der Waals surface area contributed by atoms with Crippen LogP contribution in [0.25, 0.3) is 5.69 Å². The first-order chi connectivity index (χ1) is 13.2. The Kier molecular flexibility index (Phi) is 5.31. The van der Waals surface area contributed by atoms with Gasteiger partial charge >= 0.3 is 0 Å². The molecule has 1 fully saturated rings. The van der Waals surface area contributed by atoms with E-state index in [1.165, 1.54) is 0 Å². The van der Waals surface area contributed by atoms with Gasteiger partial charge in [0.2, 0.25) is 0 Å². The Morgan fingerprint density at radius 2 is 1.85 bits per heavy atom. The lowest BCUT2D eigenvalue weighted by atomic mass is 9.93. The van der Waals surface area contributed by atoms with E-state index >= 15 is 0 Å². The summed E-state index contributed by atoms with van der Waals surface area (Å²) < 4.78 is 2.00. The second-order valence-electron chi connectivity index (χ2n) is 7.26. The number of rotatable bonds is 6. The molecule has 1 saturated heterocycles. The third kappa shape index (κ3) is 3.94. The Labute approximate surface area is 159 Å². The van der Waals surface area contributed by atoms with Crippen LogP contribution in [-0.4, -0.2) is 47.8 Å². The van der Waals surface area contributed by atoms with Gasteiger partial charge in [0.05, 0.1) is 12.0 Å². The van der Waals surface area contributed by atoms with Gasteiger partial charge in [0.15, 0.2) is 5.82 Å². The van der Waals surface area contributed by atoms with Crippen molar-refractivity contribution in [1.29, 1.82) is 0 Å². The molecule has 0 radical (unpaired) electrons. The number of benzene rings is 1. The molecule has 1 aliphatic rings. The highest BCUT2D eigenvalue weighted by atomic mass is 16.3. The van der Waals surface area contributed by atoms with Gasteiger partial charge in [0, 0.05) is 24.3 Å². The van der Waals surface area contributed by atoms with Crippen LogP contribution in [-0.2, 0) is 19.6 Å². The summed E-state index contributed by atoms with van der Waals surface area (Å²) in [6.07, 6.45) is 4.93. The number of nitrogens with zero attached hydrogens (tertiary/aromatic N) is 5. The molecule has 2 N–H and O–H groups in total. The number of piperidine rings is 1. The molecule has 0 saturated carbocycles. The third-order valence-corrected chi connectivity index (χ3v) is 5.44. The maximum atomic E-state index is 9.64. The third-order valence-electron chi connectivity index (χ3n) is 5.44. The molecule has 0 unspecified atom stereocenters. The zero-order valence-electron chi connectivity index (χ0n) is 15.7. The number of aromatic nitrogens is 5. The number of aliphatic hydroxyl groups is 1. The van der Waals surface area contributed by atoms with E-state index in [2.05, 4.69) is 32.0 Å². The first-order valence-electron chi connectivity index (χ1n) is 9.55. The highest BCUT2D eigenvalue weighted by molar-refractivity contribution is 5.34. The van der Waals surface area contributed by atoms with Crippen LogP contribution < -0.4 is 0 Å². The lowest BCUT2D eigenvalue weighted by Gasteiger charge is -2.31.